The van der Waals surface area contributed by atoms with Crippen LogP contribution in [0.5, 0.6) is 0 Å². The summed E-state index contributed by atoms with van der Waals surface area (Å²) in [6.07, 6.45) is -0.381. The molecule has 104 valence electrons. The van der Waals surface area contributed by atoms with Gasteiger partial charge in [-0.15, -0.1) is 0 Å². The van der Waals surface area contributed by atoms with Crippen LogP contribution in [0.3, 0.4) is 0 Å². The summed E-state index contributed by atoms with van der Waals surface area (Å²) in [5.41, 5.74) is 0.315. The summed E-state index contributed by atoms with van der Waals surface area (Å²) in [5.74, 6) is -0.162. The Kier molecular flexibility index (Phi) is 2.57. The van der Waals surface area contributed by atoms with Gasteiger partial charge in [0.1, 0.15) is 17.9 Å². The van der Waals surface area contributed by atoms with Gasteiger partial charge in [-0.25, -0.2) is 4.79 Å². The van der Waals surface area contributed by atoms with Gasteiger partial charge in [0.25, 0.3) is 0 Å². The number of benzene rings is 1. The smallest absolute Gasteiger partial charge is 0.415 e. The number of hydrogen-bond donors (Lipinski definition) is 0. The quantitative estimate of drug-likeness (QED) is 0.713. The topological polar surface area (TPSA) is 66.9 Å². The lowest BCUT2D eigenvalue weighted by molar-refractivity contribution is -0.127. The summed E-state index contributed by atoms with van der Waals surface area (Å²) < 4.78 is 4.81. The molecule has 6 heteroatoms. The molecule has 0 radical (unpaired) electrons. The number of methoxy groups -OCH3 is 1. The molecule has 0 N–H and O–H groups in total. The summed E-state index contributed by atoms with van der Waals surface area (Å²) in [5, 5.41) is 0. The number of anilines is 1. The Morgan fingerprint density at radius 2 is 2.15 bits per heavy atom. The molecule has 2 atom stereocenters. The third-order valence-corrected chi connectivity index (χ3v) is 4.16. The molecule has 1 fully saturated rings. The van der Waals surface area contributed by atoms with Gasteiger partial charge >= 0.3 is 6.09 Å². The molecular weight excluding hydrogens is 260 g/mol. The van der Waals surface area contributed by atoms with E-state index in [-0.39, 0.29) is 12.3 Å². The Morgan fingerprint density at radius 3 is 2.80 bits per heavy atom. The molecule has 0 bridgehead atoms. The fourth-order valence-electron chi connectivity index (χ4n) is 3.26. The number of amides is 2. The summed E-state index contributed by atoms with van der Waals surface area (Å²) in [6.45, 7) is 0. The Hall–Kier alpha value is -2.37. The second-order valence-corrected chi connectivity index (χ2v) is 5.07. The van der Waals surface area contributed by atoms with Crippen molar-refractivity contribution in [2.45, 2.75) is 18.0 Å². The van der Waals surface area contributed by atoms with Crippen LogP contribution >= 0.6 is 0 Å². The highest BCUT2D eigenvalue weighted by Gasteiger charge is 2.61. The second kappa shape index (κ2) is 4.06. The lowest BCUT2D eigenvalue weighted by atomic mass is 9.81. The number of hydrogen-bond acceptors (Lipinski definition) is 4. The van der Waals surface area contributed by atoms with Crippen molar-refractivity contribution in [2.75, 3.05) is 19.1 Å². The molecule has 2 heterocycles. The van der Waals surface area contributed by atoms with Crippen molar-refractivity contribution < 1.29 is 19.1 Å². The van der Waals surface area contributed by atoms with Gasteiger partial charge in [0.15, 0.2) is 0 Å². The SMILES string of the molecule is COC(=O)N1c2ccccc2[C@@]2(C=O)CC(=O)N(C)[C@@H]12. The Morgan fingerprint density at radius 1 is 1.45 bits per heavy atom. The van der Waals surface area contributed by atoms with E-state index in [0.717, 1.165) is 6.29 Å². The molecule has 2 aliphatic heterocycles. The van der Waals surface area contributed by atoms with Crippen LogP contribution in [0, 0.1) is 0 Å². The molecule has 0 aromatic heterocycles. The van der Waals surface area contributed by atoms with Crippen molar-refractivity contribution >= 4 is 24.0 Å². The zero-order valence-electron chi connectivity index (χ0n) is 11.2. The number of fused-ring (bicyclic) bond motifs is 3. The first-order valence-corrected chi connectivity index (χ1v) is 6.25. The van der Waals surface area contributed by atoms with Crippen molar-refractivity contribution in [2.24, 2.45) is 0 Å². The van der Waals surface area contributed by atoms with E-state index in [1.807, 2.05) is 0 Å². The summed E-state index contributed by atoms with van der Waals surface area (Å²) in [4.78, 5) is 38.7. The maximum Gasteiger partial charge on any atom is 0.415 e. The standard InChI is InChI=1S/C14H14N2O4/c1-15-11(18)7-14(8-17)9-5-3-4-6-10(9)16(12(14)15)13(19)20-2/h3-6,8,12H,7H2,1-2H3/t12-,14-/m0/s1. The van der Waals surface area contributed by atoms with E-state index in [9.17, 15) is 14.4 Å². The van der Waals surface area contributed by atoms with Crippen molar-refractivity contribution in [1.29, 1.82) is 0 Å². The van der Waals surface area contributed by atoms with Crippen LogP contribution < -0.4 is 4.90 Å². The minimum atomic E-state index is -1.00. The van der Waals surface area contributed by atoms with Gasteiger partial charge in [0.05, 0.1) is 12.8 Å². The molecular formula is C14H14N2O4. The molecule has 2 amide bonds. The van der Waals surface area contributed by atoms with Gasteiger partial charge < -0.3 is 14.4 Å². The second-order valence-electron chi connectivity index (χ2n) is 5.07. The minimum Gasteiger partial charge on any atom is -0.452 e. The zero-order chi connectivity index (χ0) is 14.5. The van der Waals surface area contributed by atoms with E-state index in [1.54, 1.807) is 31.3 Å². The highest BCUT2D eigenvalue weighted by molar-refractivity contribution is 6.01. The molecule has 0 spiro atoms. The molecule has 3 rings (SSSR count). The Labute approximate surface area is 115 Å². The molecule has 0 saturated carbocycles. The number of ether oxygens (including phenoxy) is 1. The van der Waals surface area contributed by atoms with E-state index < -0.39 is 17.7 Å². The van der Waals surface area contributed by atoms with Crippen molar-refractivity contribution in [3.8, 4) is 0 Å². The van der Waals surface area contributed by atoms with E-state index in [4.69, 9.17) is 4.74 Å². The van der Waals surface area contributed by atoms with Gasteiger partial charge in [-0.1, -0.05) is 18.2 Å². The van der Waals surface area contributed by atoms with Crippen molar-refractivity contribution in [3.63, 3.8) is 0 Å². The highest BCUT2D eigenvalue weighted by Crippen LogP contribution is 2.51. The number of likely N-dealkylation sites (tertiary alicyclic amines) is 1. The number of likely N-dealkylation sites (N-methyl/N-ethyl adjacent to an activating group) is 1. The predicted molar refractivity (Wildman–Crippen MR) is 70.2 cm³/mol. The largest absolute Gasteiger partial charge is 0.452 e. The fraction of sp³-hybridized carbons (Fsp3) is 0.357. The number of aldehydes is 1. The maximum atomic E-state index is 12.1. The first-order chi connectivity index (χ1) is 9.56. The van der Waals surface area contributed by atoms with Gasteiger partial charge in [-0.3, -0.25) is 9.69 Å². The lowest BCUT2D eigenvalue weighted by Crippen LogP contribution is -2.52. The van der Waals surface area contributed by atoms with Crippen LogP contribution in [0.25, 0.3) is 0 Å². The molecule has 1 aromatic carbocycles. The summed E-state index contributed by atoms with van der Waals surface area (Å²) in [6, 6.07) is 7.13. The normalized spacial score (nSPS) is 27.3. The van der Waals surface area contributed by atoms with Crippen LogP contribution in [-0.4, -0.2) is 43.5 Å². The molecule has 2 aliphatic rings. The monoisotopic (exact) mass is 274 g/mol. The van der Waals surface area contributed by atoms with E-state index in [2.05, 4.69) is 0 Å². The number of rotatable bonds is 1. The van der Waals surface area contributed by atoms with Crippen molar-refractivity contribution in [3.05, 3.63) is 29.8 Å². The lowest BCUT2D eigenvalue weighted by Gasteiger charge is -2.31. The van der Waals surface area contributed by atoms with Gasteiger partial charge in [-0.05, 0) is 11.6 Å². The number of carbonyl (C=O) groups is 3. The average Bonchev–Trinajstić information content (AvgIpc) is 2.90. The Bertz CT molecular complexity index is 615. The molecule has 20 heavy (non-hydrogen) atoms. The molecule has 6 nitrogen and oxygen atoms in total. The number of carbonyl (C=O) groups excluding carboxylic acids is 3. The minimum absolute atomic E-state index is 0.0716. The van der Waals surface area contributed by atoms with Crippen molar-refractivity contribution in [1.82, 2.24) is 4.90 Å². The Balaban J connectivity index is 2.26. The van der Waals surface area contributed by atoms with Crippen LogP contribution in [0.15, 0.2) is 24.3 Å². The highest BCUT2D eigenvalue weighted by atomic mass is 16.5. The molecule has 1 saturated heterocycles. The molecule has 1 aromatic rings. The van der Waals surface area contributed by atoms with Gasteiger partial charge in [-0.2, -0.15) is 0 Å². The third kappa shape index (κ3) is 1.31. The summed E-state index contributed by atoms with van der Waals surface area (Å²) >= 11 is 0. The van der Waals surface area contributed by atoms with Crippen LogP contribution in [0.4, 0.5) is 10.5 Å². The predicted octanol–water partition coefficient (Wildman–Crippen LogP) is 0.898. The summed E-state index contributed by atoms with van der Waals surface area (Å²) in [7, 11) is 2.88. The maximum absolute atomic E-state index is 12.1. The molecule has 0 aliphatic carbocycles. The van der Waals surface area contributed by atoms with Gasteiger partial charge in [0.2, 0.25) is 5.91 Å². The zero-order valence-corrected chi connectivity index (χ0v) is 11.2. The van der Waals surface area contributed by atoms with Crippen LogP contribution in [-0.2, 0) is 19.7 Å². The first-order valence-electron chi connectivity index (χ1n) is 6.25. The van der Waals surface area contributed by atoms with E-state index in [1.165, 1.54) is 16.9 Å². The van der Waals surface area contributed by atoms with Crippen LogP contribution in [0.2, 0.25) is 0 Å². The fourth-order valence-corrected chi connectivity index (χ4v) is 3.26. The number of nitrogens with zero attached hydrogens (tertiary/aromatic N) is 2. The van der Waals surface area contributed by atoms with E-state index >= 15 is 0 Å². The average molecular weight is 274 g/mol. The molecule has 0 unspecified atom stereocenters. The third-order valence-electron chi connectivity index (χ3n) is 4.16. The first kappa shape index (κ1) is 12.7. The van der Waals surface area contributed by atoms with Crippen LogP contribution in [0.1, 0.15) is 12.0 Å². The van der Waals surface area contributed by atoms with Gasteiger partial charge in [0, 0.05) is 13.5 Å². The number of para-hydroxylation sites is 1. The van der Waals surface area contributed by atoms with E-state index in [0.29, 0.717) is 11.3 Å².